The van der Waals surface area contributed by atoms with Crippen molar-refractivity contribution in [2.75, 3.05) is 33.4 Å². The fourth-order valence-electron chi connectivity index (χ4n) is 1.93. The summed E-state index contributed by atoms with van der Waals surface area (Å²) in [6, 6.07) is 0.406. The third kappa shape index (κ3) is 6.61. The van der Waals surface area contributed by atoms with Gasteiger partial charge in [-0.2, -0.15) is 0 Å². The minimum absolute atomic E-state index is 0.0558. The van der Waals surface area contributed by atoms with E-state index in [1.165, 1.54) is 0 Å². The summed E-state index contributed by atoms with van der Waals surface area (Å²) in [6.07, 6.45) is 3.13. The fraction of sp³-hybridized carbons (Fsp3) is 0.917. The van der Waals surface area contributed by atoms with Crippen LogP contribution in [0.5, 0.6) is 0 Å². The largest absolute Gasteiger partial charge is 0.385 e. The molecule has 0 saturated carbocycles. The average molecular weight is 244 g/mol. The highest BCUT2D eigenvalue weighted by molar-refractivity contribution is 5.77. The van der Waals surface area contributed by atoms with E-state index >= 15 is 0 Å². The van der Waals surface area contributed by atoms with Gasteiger partial charge in [0.15, 0.2) is 0 Å². The molecule has 1 rings (SSSR count). The summed E-state index contributed by atoms with van der Waals surface area (Å²) < 4.78 is 10.4. The Balaban J connectivity index is 2.02. The molecule has 5 heteroatoms. The van der Waals surface area contributed by atoms with Gasteiger partial charge in [-0.1, -0.05) is 0 Å². The smallest absolute Gasteiger partial charge is 0.233 e. The lowest BCUT2D eigenvalue weighted by atomic mass is 10.0. The number of carbonyl (C=O) groups excluding carboxylic acids is 1. The summed E-state index contributed by atoms with van der Waals surface area (Å²) in [7, 11) is 1.66. The zero-order chi connectivity index (χ0) is 12.5. The van der Waals surface area contributed by atoms with Crippen molar-refractivity contribution in [3.63, 3.8) is 0 Å². The van der Waals surface area contributed by atoms with Gasteiger partial charge in [0.05, 0.1) is 12.6 Å². The van der Waals surface area contributed by atoms with Crippen LogP contribution in [0.3, 0.4) is 0 Å². The maximum absolute atomic E-state index is 11.5. The molecule has 0 aromatic heterocycles. The highest BCUT2D eigenvalue weighted by Crippen LogP contribution is 2.12. The van der Waals surface area contributed by atoms with Crippen LogP contribution in [0.2, 0.25) is 0 Å². The van der Waals surface area contributed by atoms with Gasteiger partial charge in [0.2, 0.25) is 5.91 Å². The average Bonchev–Trinajstić information content (AvgIpc) is 2.32. The minimum atomic E-state index is 0.0558. The van der Waals surface area contributed by atoms with E-state index in [0.29, 0.717) is 31.8 Å². The maximum atomic E-state index is 11.5. The maximum Gasteiger partial charge on any atom is 0.233 e. The number of ether oxygens (including phenoxy) is 2. The predicted molar refractivity (Wildman–Crippen MR) is 65.9 cm³/mol. The first-order chi connectivity index (χ1) is 8.22. The Labute approximate surface area is 103 Å². The van der Waals surface area contributed by atoms with Crippen molar-refractivity contribution in [1.29, 1.82) is 0 Å². The molecule has 0 aliphatic carbocycles. The molecule has 0 radical (unpaired) electrons. The highest BCUT2D eigenvalue weighted by Gasteiger charge is 2.19. The second kappa shape index (κ2) is 8.44. The Morgan fingerprint density at radius 1 is 1.53 bits per heavy atom. The van der Waals surface area contributed by atoms with Crippen LogP contribution in [0, 0.1) is 0 Å². The third-order valence-electron chi connectivity index (χ3n) is 2.88. The van der Waals surface area contributed by atoms with E-state index in [-0.39, 0.29) is 5.91 Å². The Kier molecular flexibility index (Phi) is 7.16. The van der Waals surface area contributed by atoms with E-state index in [2.05, 4.69) is 17.6 Å². The molecule has 1 amide bonds. The quantitative estimate of drug-likeness (QED) is 0.632. The van der Waals surface area contributed by atoms with Crippen molar-refractivity contribution < 1.29 is 14.3 Å². The summed E-state index contributed by atoms with van der Waals surface area (Å²) >= 11 is 0. The second-order valence-electron chi connectivity index (χ2n) is 4.48. The molecular weight excluding hydrogens is 220 g/mol. The van der Waals surface area contributed by atoms with Crippen molar-refractivity contribution in [3.05, 3.63) is 0 Å². The fourth-order valence-corrected chi connectivity index (χ4v) is 1.93. The Hall–Kier alpha value is -0.650. The molecule has 1 aliphatic heterocycles. The second-order valence-corrected chi connectivity index (χ2v) is 4.48. The molecule has 2 N–H and O–H groups in total. The molecule has 0 aromatic rings. The molecule has 1 aliphatic rings. The first kappa shape index (κ1) is 14.4. The summed E-state index contributed by atoms with van der Waals surface area (Å²) in [6.45, 7) is 4.61. The van der Waals surface area contributed by atoms with E-state index in [0.717, 1.165) is 25.9 Å². The van der Waals surface area contributed by atoms with E-state index in [1.54, 1.807) is 7.11 Å². The van der Waals surface area contributed by atoms with Gasteiger partial charge in [-0.3, -0.25) is 4.79 Å². The lowest BCUT2D eigenvalue weighted by Crippen LogP contribution is -2.43. The van der Waals surface area contributed by atoms with E-state index in [1.807, 2.05) is 0 Å². The van der Waals surface area contributed by atoms with Gasteiger partial charge in [-0.15, -0.1) is 0 Å². The van der Waals surface area contributed by atoms with Crippen molar-refractivity contribution in [2.45, 2.75) is 38.3 Å². The molecule has 1 heterocycles. The predicted octanol–water partition coefficient (Wildman–Crippen LogP) is 0.296. The third-order valence-corrected chi connectivity index (χ3v) is 2.88. The number of rotatable bonds is 7. The van der Waals surface area contributed by atoms with Gasteiger partial charge >= 0.3 is 0 Å². The molecule has 1 saturated heterocycles. The first-order valence-electron chi connectivity index (χ1n) is 6.33. The number of hydrogen-bond donors (Lipinski definition) is 2. The lowest BCUT2D eigenvalue weighted by molar-refractivity contribution is -0.120. The van der Waals surface area contributed by atoms with Crippen molar-refractivity contribution in [2.24, 2.45) is 0 Å². The van der Waals surface area contributed by atoms with Gasteiger partial charge in [-0.05, 0) is 26.2 Å². The summed E-state index contributed by atoms with van der Waals surface area (Å²) in [5, 5.41) is 6.12. The number of nitrogens with one attached hydrogen (secondary N) is 2. The zero-order valence-corrected chi connectivity index (χ0v) is 10.8. The molecule has 17 heavy (non-hydrogen) atoms. The van der Waals surface area contributed by atoms with Crippen LogP contribution in [-0.2, 0) is 14.3 Å². The van der Waals surface area contributed by atoms with Crippen molar-refractivity contribution in [3.8, 4) is 0 Å². The molecule has 0 aromatic carbocycles. The molecule has 1 fully saturated rings. The Morgan fingerprint density at radius 2 is 2.35 bits per heavy atom. The van der Waals surface area contributed by atoms with E-state index in [4.69, 9.17) is 9.47 Å². The van der Waals surface area contributed by atoms with E-state index < -0.39 is 0 Å². The molecular formula is C12H24N2O3. The molecule has 5 nitrogen and oxygen atoms in total. The van der Waals surface area contributed by atoms with Crippen LogP contribution < -0.4 is 10.6 Å². The first-order valence-corrected chi connectivity index (χ1v) is 6.33. The van der Waals surface area contributed by atoms with Crippen LogP contribution in [0.15, 0.2) is 0 Å². The SMILES string of the molecule is COCCCNC(=O)CNC1CCOC(C)C1. The van der Waals surface area contributed by atoms with Gasteiger partial charge in [-0.25, -0.2) is 0 Å². The van der Waals surface area contributed by atoms with Crippen LogP contribution in [0.1, 0.15) is 26.2 Å². The number of hydrogen-bond acceptors (Lipinski definition) is 4. The van der Waals surface area contributed by atoms with Gasteiger partial charge < -0.3 is 20.1 Å². The number of amides is 1. The van der Waals surface area contributed by atoms with Crippen LogP contribution >= 0.6 is 0 Å². The van der Waals surface area contributed by atoms with Crippen LogP contribution in [0.4, 0.5) is 0 Å². The zero-order valence-electron chi connectivity index (χ0n) is 10.8. The summed E-state index contributed by atoms with van der Waals surface area (Å²) in [5.41, 5.74) is 0. The number of methoxy groups -OCH3 is 1. The van der Waals surface area contributed by atoms with Gasteiger partial charge in [0.25, 0.3) is 0 Å². The molecule has 0 spiro atoms. The molecule has 100 valence electrons. The standard InChI is InChI=1S/C12H24N2O3/c1-10-8-11(4-7-17-10)14-9-12(15)13-5-3-6-16-2/h10-11,14H,3-9H2,1-2H3,(H,13,15). The lowest BCUT2D eigenvalue weighted by Gasteiger charge is -2.27. The monoisotopic (exact) mass is 244 g/mol. The van der Waals surface area contributed by atoms with Gasteiger partial charge in [0, 0.05) is 32.9 Å². The Morgan fingerprint density at radius 3 is 3.06 bits per heavy atom. The summed E-state index contributed by atoms with van der Waals surface area (Å²) in [5.74, 6) is 0.0558. The topological polar surface area (TPSA) is 59.6 Å². The van der Waals surface area contributed by atoms with E-state index in [9.17, 15) is 4.79 Å². The minimum Gasteiger partial charge on any atom is -0.385 e. The van der Waals surface area contributed by atoms with Gasteiger partial charge in [0.1, 0.15) is 0 Å². The number of carbonyl (C=O) groups is 1. The van der Waals surface area contributed by atoms with Crippen molar-refractivity contribution >= 4 is 5.91 Å². The molecule has 0 bridgehead atoms. The van der Waals surface area contributed by atoms with Crippen molar-refractivity contribution in [1.82, 2.24) is 10.6 Å². The normalized spacial score (nSPS) is 24.6. The van der Waals surface area contributed by atoms with Crippen LogP contribution in [0.25, 0.3) is 0 Å². The molecule has 2 unspecified atom stereocenters. The molecule has 2 atom stereocenters. The van der Waals surface area contributed by atoms with Crippen LogP contribution in [-0.4, -0.2) is 51.5 Å². The highest BCUT2D eigenvalue weighted by atomic mass is 16.5. The Bertz CT molecular complexity index is 224. The summed E-state index contributed by atoms with van der Waals surface area (Å²) in [4.78, 5) is 11.5.